The lowest BCUT2D eigenvalue weighted by Gasteiger charge is -2.08. The summed E-state index contributed by atoms with van der Waals surface area (Å²) < 4.78 is 0.481. The summed E-state index contributed by atoms with van der Waals surface area (Å²) in [5, 5.41) is 19.2. The number of nitrogens with zero attached hydrogens (tertiary/aromatic N) is 3. The van der Waals surface area contributed by atoms with Crippen molar-refractivity contribution in [2.45, 2.75) is 38.0 Å². The lowest BCUT2D eigenvalue weighted by molar-refractivity contribution is -0.137. The third-order valence-electron chi connectivity index (χ3n) is 3.53. The Labute approximate surface area is 135 Å². The van der Waals surface area contributed by atoms with Gasteiger partial charge in [-0.2, -0.15) is 5.10 Å². The van der Waals surface area contributed by atoms with Gasteiger partial charge in [-0.1, -0.05) is 0 Å². The number of aliphatic carboxylic acids is 1. The first-order chi connectivity index (χ1) is 10.6. The first-order valence-corrected chi connectivity index (χ1v) is 7.96. The third kappa shape index (κ3) is 3.82. The Morgan fingerprint density at radius 2 is 2.32 bits per heavy atom. The largest absolute Gasteiger partial charge is 0.481 e. The molecule has 3 N–H and O–H groups in total. The summed E-state index contributed by atoms with van der Waals surface area (Å²) in [7, 11) is 0. The number of carbonyl (C=O) groups is 1. The zero-order chi connectivity index (χ0) is 15.5. The van der Waals surface area contributed by atoms with Crippen LogP contribution in [-0.2, 0) is 11.2 Å². The van der Waals surface area contributed by atoms with Crippen molar-refractivity contribution in [2.75, 3.05) is 5.32 Å². The van der Waals surface area contributed by atoms with Crippen LogP contribution < -0.4 is 5.32 Å². The molecule has 0 bridgehead atoms. The molecule has 2 heterocycles. The second kappa shape index (κ2) is 6.43. The standard InChI is InChI=1S/C14H16BrN5O2/c15-14-16-7-9(2-1-3-12(21)22)13(18-14)17-11-6-10(19-20-11)8-4-5-8/h6-8H,1-5H2,(H,21,22)(H2,16,17,18,19,20). The van der Waals surface area contributed by atoms with Gasteiger partial charge in [-0.15, -0.1) is 0 Å². The summed E-state index contributed by atoms with van der Waals surface area (Å²) in [6.07, 6.45) is 5.40. The van der Waals surface area contributed by atoms with Crippen molar-refractivity contribution in [1.82, 2.24) is 20.2 Å². The Balaban J connectivity index is 1.72. The van der Waals surface area contributed by atoms with E-state index in [2.05, 4.69) is 41.4 Å². The molecule has 2 aromatic heterocycles. The van der Waals surface area contributed by atoms with Crippen LogP contribution in [0.5, 0.6) is 0 Å². The highest BCUT2D eigenvalue weighted by atomic mass is 79.9. The minimum absolute atomic E-state index is 0.129. The highest BCUT2D eigenvalue weighted by molar-refractivity contribution is 9.10. The molecule has 3 rings (SSSR count). The van der Waals surface area contributed by atoms with Crippen LogP contribution in [0, 0.1) is 0 Å². The van der Waals surface area contributed by atoms with Crippen molar-refractivity contribution in [1.29, 1.82) is 0 Å². The van der Waals surface area contributed by atoms with Gasteiger partial charge in [0.05, 0.1) is 0 Å². The van der Waals surface area contributed by atoms with Crippen molar-refractivity contribution < 1.29 is 9.90 Å². The number of halogens is 1. The van der Waals surface area contributed by atoms with E-state index in [1.165, 1.54) is 12.8 Å². The number of H-pyrrole nitrogens is 1. The number of carboxylic acid groups (broad SMARTS) is 1. The van der Waals surface area contributed by atoms with Gasteiger partial charge in [0.25, 0.3) is 0 Å². The van der Waals surface area contributed by atoms with E-state index >= 15 is 0 Å². The smallest absolute Gasteiger partial charge is 0.303 e. The number of carboxylic acids is 1. The molecule has 1 aliphatic carbocycles. The molecule has 8 heteroatoms. The van der Waals surface area contributed by atoms with E-state index in [1.54, 1.807) is 6.20 Å². The number of rotatable bonds is 7. The lowest BCUT2D eigenvalue weighted by atomic mass is 10.1. The molecule has 0 aromatic carbocycles. The van der Waals surface area contributed by atoms with Crippen LogP contribution >= 0.6 is 15.9 Å². The normalized spacial score (nSPS) is 14.0. The van der Waals surface area contributed by atoms with Crippen molar-refractivity contribution >= 4 is 33.5 Å². The molecule has 0 radical (unpaired) electrons. The molecule has 0 atom stereocenters. The molecule has 0 unspecified atom stereocenters. The zero-order valence-corrected chi connectivity index (χ0v) is 13.4. The van der Waals surface area contributed by atoms with Crippen LogP contribution in [-0.4, -0.2) is 31.2 Å². The fourth-order valence-electron chi connectivity index (χ4n) is 2.23. The molecule has 116 valence electrons. The Morgan fingerprint density at radius 1 is 1.50 bits per heavy atom. The highest BCUT2D eigenvalue weighted by Crippen LogP contribution is 2.39. The van der Waals surface area contributed by atoms with Crippen LogP contribution in [0.15, 0.2) is 17.0 Å². The predicted molar refractivity (Wildman–Crippen MR) is 84.2 cm³/mol. The molecule has 0 spiro atoms. The Kier molecular flexibility index (Phi) is 4.37. The molecule has 2 aromatic rings. The maximum absolute atomic E-state index is 10.6. The van der Waals surface area contributed by atoms with Gasteiger partial charge in [-0.05, 0) is 41.6 Å². The number of anilines is 2. The van der Waals surface area contributed by atoms with E-state index in [0.717, 1.165) is 11.3 Å². The molecule has 1 aliphatic rings. The number of aryl methyl sites for hydroxylation is 1. The Bertz CT molecular complexity index is 684. The van der Waals surface area contributed by atoms with Crippen LogP contribution in [0.25, 0.3) is 0 Å². The quantitative estimate of drug-likeness (QED) is 0.651. The molecule has 0 saturated heterocycles. The minimum Gasteiger partial charge on any atom is -0.481 e. The van der Waals surface area contributed by atoms with Crippen LogP contribution in [0.4, 0.5) is 11.6 Å². The molecule has 0 amide bonds. The summed E-state index contributed by atoms with van der Waals surface area (Å²) in [6, 6.07) is 1.99. The second-order valence-electron chi connectivity index (χ2n) is 5.37. The number of hydrogen-bond donors (Lipinski definition) is 3. The Hall–Kier alpha value is -1.96. The van der Waals surface area contributed by atoms with Gasteiger partial charge in [-0.3, -0.25) is 9.89 Å². The average molecular weight is 366 g/mol. The van der Waals surface area contributed by atoms with Gasteiger partial charge in [0.2, 0.25) is 0 Å². The maximum Gasteiger partial charge on any atom is 0.303 e. The van der Waals surface area contributed by atoms with Crippen molar-refractivity contribution in [3.63, 3.8) is 0 Å². The van der Waals surface area contributed by atoms with Gasteiger partial charge in [0, 0.05) is 35.9 Å². The van der Waals surface area contributed by atoms with Crippen LogP contribution in [0.2, 0.25) is 0 Å². The van der Waals surface area contributed by atoms with Gasteiger partial charge in [-0.25, -0.2) is 9.97 Å². The van der Waals surface area contributed by atoms with E-state index in [1.807, 2.05) is 6.07 Å². The summed E-state index contributed by atoms with van der Waals surface area (Å²) >= 11 is 3.25. The Morgan fingerprint density at radius 3 is 3.05 bits per heavy atom. The van der Waals surface area contributed by atoms with E-state index in [4.69, 9.17) is 5.11 Å². The number of nitrogens with one attached hydrogen (secondary N) is 2. The SMILES string of the molecule is O=C(O)CCCc1cnc(Br)nc1Nc1cc(C2CC2)[nH]n1. The summed E-state index contributed by atoms with van der Waals surface area (Å²) in [5.74, 6) is 1.18. The van der Waals surface area contributed by atoms with Crippen molar-refractivity contribution in [2.24, 2.45) is 0 Å². The van der Waals surface area contributed by atoms with Gasteiger partial charge >= 0.3 is 5.97 Å². The van der Waals surface area contributed by atoms with E-state index < -0.39 is 5.97 Å². The second-order valence-corrected chi connectivity index (χ2v) is 6.08. The predicted octanol–water partition coefficient (Wildman–Crippen LogP) is 2.99. The highest BCUT2D eigenvalue weighted by Gasteiger charge is 2.25. The van der Waals surface area contributed by atoms with E-state index in [-0.39, 0.29) is 6.42 Å². The average Bonchev–Trinajstić information content (AvgIpc) is 3.22. The first-order valence-electron chi connectivity index (χ1n) is 7.17. The zero-order valence-electron chi connectivity index (χ0n) is 11.8. The molecular formula is C14H16BrN5O2. The van der Waals surface area contributed by atoms with Crippen LogP contribution in [0.1, 0.15) is 42.9 Å². The summed E-state index contributed by atoms with van der Waals surface area (Å²) in [5.41, 5.74) is 2.02. The number of aromatic amines is 1. The van der Waals surface area contributed by atoms with E-state index in [9.17, 15) is 4.79 Å². The lowest BCUT2D eigenvalue weighted by Crippen LogP contribution is -2.03. The summed E-state index contributed by atoms with van der Waals surface area (Å²) in [4.78, 5) is 19.1. The first kappa shape index (κ1) is 15.0. The van der Waals surface area contributed by atoms with Crippen LogP contribution in [0.3, 0.4) is 0 Å². The van der Waals surface area contributed by atoms with Crippen molar-refractivity contribution in [3.8, 4) is 0 Å². The molecule has 0 aliphatic heterocycles. The minimum atomic E-state index is -0.797. The third-order valence-corrected chi connectivity index (χ3v) is 3.92. The fraction of sp³-hybridized carbons (Fsp3) is 0.429. The summed E-state index contributed by atoms with van der Waals surface area (Å²) in [6.45, 7) is 0. The van der Waals surface area contributed by atoms with Gasteiger partial charge in [0.1, 0.15) is 5.82 Å². The molecule has 1 saturated carbocycles. The topological polar surface area (TPSA) is 104 Å². The number of hydrogen-bond acceptors (Lipinski definition) is 5. The maximum atomic E-state index is 10.6. The number of aromatic nitrogens is 4. The monoisotopic (exact) mass is 365 g/mol. The molecule has 1 fully saturated rings. The van der Waals surface area contributed by atoms with Gasteiger partial charge < -0.3 is 10.4 Å². The molecule has 7 nitrogen and oxygen atoms in total. The molecule has 22 heavy (non-hydrogen) atoms. The molecular weight excluding hydrogens is 350 g/mol. The van der Waals surface area contributed by atoms with Gasteiger partial charge in [0.15, 0.2) is 10.6 Å². The van der Waals surface area contributed by atoms with E-state index in [0.29, 0.717) is 35.1 Å². The fourth-order valence-corrected chi connectivity index (χ4v) is 2.51. The van der Waals surface area contributed by atoms with Crippen molar-refractivity contribution in [3.05, 3.63) is 28.3 Å².